The van der Waals surface area contributed by atoms with Crippen LogP contribution in [0.15, 0.2) is 103 Å². The van der Waals surface area contributed by atoms with Crippen LogP contribution in [0.3, 0.4) is 0 Å². The first-order valence-corrected chi connectivity index (χ1v) is 9.12. The molecule has 0 spiro atoms. The van der Waals surface area contributed by atoms with E-state index in [1.54, 1.807) is 0 Å². The molecule has 4 nitrogen and oxygen atoms in total. The highest BCUT2D eigenvalue weighted by molar-refractivity contribution is 5.78. The molecule has 4 aromatic carbocycles. The number of para-hydroxylation sites is 1. The third-order valence-corrected chi connectivity index (χ3v) is 4.49. The topological polar surface area (TPSA) is 67.3 Å². The van der Waals surface area contributed by atoms with Gasteiger partial charge in [0, 0.05) is 39.8 Å². The highest BCUT2D eigenvalue weighted by Crippen LogP contribution is 2.35. The van der Waals surface area contributed by atoms with Crippen LogP contribution in [0.4, 0.5) is 39.8 Å². The Kier molecular flexibility index (Phi) is 4.85. The van der Waals surface area contributed by atoms with Crippen molar-refractivity contribution in [2.24, 2.45) is 0 Å². The lowest BCUT2D eigenvalue weighted by molar-refractivity contribution is 1.28. The number of nitrogens with zero attached hydrogens (tertiary/aromatic N) is 1. The van der Waals surface area contributed by atoms with Crippen LogP contribution < -0.4 is 21.7 Å². The second-order valence-corrected chi connectivity index (χ2v) is 6.56. The second-order valence-electron chi connectivity index (χ2n) is 6.56. The van der Waals surface area contributed by atoms with Crippen LogP contribution in [0.25, 0.3) is 0 Å². The van der Waals surface area contributed by atoms with Gasteiger partial charge in [-0.1, -0.05) is 18.2 Å². The van der Waals surface area contributed by atoms with Crippen molar-refractivity contribution in [2.45, 2.75) is 0 Å². The lowest BCUT2D eigenvalue weighted by Gasteiger charge is -2.26. The summed E-state index contributed by atoms with van der Waals surface area (Å²) >= 11 is 0. The van der Waals surface area contributed by atoms with E-state index in [4.69, 9.17) is 11.5 Å². The van der Waals surface area contributed by atoms with Crippen LogP contribution in [0, 0.1) is 0 Å². The molecule has 0 aliphatic carbocycles. The summed E-state index contributed by atoms with van der Waals surface area (Å²) in [6.07, 6.45) is 0. The van der Waals surface area contributed by atoms with E-state index >= 15 is 0 Å². The molecule has 0 fully saturated rings. The summed E-state index contributed by atoms with van der Waals surface area (Å²) in [5, 5.41) is 3.41. The lowest BCUT2D eigenvalue weighted by Crippen LogP contribution is -2.10. The smallest absolute Gasteiger partial charge is 0.0463 e. The molecule has 0 amide bonds. The zero-order chi connectivity index (χ0) is 19.3. The largest absolute Gasteiger partial charge is 0.399 e. The van der Waals surface area contributed by atoms with Crippen LogP contribution in [0.1, 0.15) is 0 Å². The highest BCUT2D eigenvalue weighted by Gasteiger charge is 2.12. The molecule has 0 bridgehead atoms. The molecule has 0 unspecified atom stereocenters. The fourth-order valence-corrected chi connectivity index (χ4v) is 3.08. The van der Waals surface area contributed by atoms with E-state index in [1.165, 1.54) is 0 Å². The fraction of sp³-hybridized carbons (Fsp3) is 0. The van der Waals surface area contributed by atoms with Crippen LogP contribution in [-0.4, -0.2) is 0 Å². The van der Waals surface area contributed by atoms with E-state index in [0.717, 1.165) is 39.8 Å². The first kappa shape index (κ1) is 17.5. The minimum Gasteiger partial charge on any atom is -0.399 e. The standard InChI is InChI=1S/C24H22N4/c25-18-6-12-22(13-7-18)28(23-14-8-19(26)9-15-23)24-16-10-21(11-17-24)27-20-4-2-1-3-5-20/h1-17,27H,25-26H2. The maximum absolute atomic E-state index is 5.87. The Bertz CT molecular complexity index is 979. The first-order chi connectivity index (χ1) is 13.7. The van der Waals surface area contributed by atoms with E-state index in [-0.39, 0.29) is 0 Å². The van der Waals surface area contributed by atoms with E-state index in [0.29, 0.717) is 0 Å². The van der Waals surface area contributed by atoms with Gasteiger partial charge in [0.15, 0.2) is 0 Å². The number of hydrogen-bond acceptors (Lipinski definition) is 4. The van der Waals surface area contributed by atoms with Crippen LogP contribution >= 0.6 is 0 Å². The Balaban J connectivity index is 1.68. The molecule has 0 aliphatic heterocycles. The molecular weight excluding hydrogens is 344 g/mol. The normalized spacial score (nSPS) is 10.4. The highest BCUT2D eigenvalue weighted by atomic mass is 15.1. The van der Waals surface area contributed by atoms with E-state index < -0.39 is 0 Å². The summed E-state index contributed by atoms with van der Waals surface area (Å²) in [6, 6.07) is 34.2. The Morgan fingerprint density at radius 1 is 0.464 bits per heavy atom. The van der Waals surface area contributed by atoms with Crippen molar-refractivity contribution in [1.82, 2.24) is 0 Å². The molecule has 28 heavy (non-hydrogen) atoms. The maximum atomic E-state index is 5.87. The van der Waals surface area contributed by atoms with E-state index in [1.807, 2.05) is 78.9 Å². The van der Waals surface area contributed by atoms with Gasteiger partial charge in [-0.25, -0.2) is 0 Å². The summed E-state index contributed by atoms with van der Waals surface area (Å²) in [5.41, 5.74) is 18.4. The molecule has 138 valence electrons. The molecule has 0 aliphatic rings. The second kappa shape index (κ2) is 7.76. The quantitative estimate of drug-likeness (QED) is 0.375. The minimum atomic E-state index is 0.739. The van der Waals surface area contributed by atoms with Crippen LogP contribution in [0.2, 0.25) is 0 Å². The number of anilines is 7. The Hall–Kier alpha value is -3.92. The van der Waals surface area contributed by atoms with Crippen molar-refractivity contribution in [3.05, 3.63) is 103 Å². The summed E-state index contributed by atoms with van der Waals surface area (Å²) < 4.78 is 0. The van der Waals surface area contributed by atoms with E-state index in [9.17, 15) is 0 Å². The predicted octanol–water partition coefficient (Wildman–Crippen LogP) is 6.06. The average molecular weight is 366 g/mol. The van der Waals surface area contributed by atoms with Gasteiger partial charge in [0.25, 0.3) is 0 Å². The van der Waals surface area contributed by atoms with Crippen LogP contribution in [-0.2, 0) is 0 Å². The minimum absolute atomic E-state index is 0.739. The van der Waals surface area contributed by atoms with Gasteiger partial charge in [-0.15, -0.1) is 0 Å². The molecule has 0 saturated heterocycles. The SMILES string of the molecule is Nc1ccc(N(c2ccc(N)cc2)c2ccc(Nc3ccccc3)cc2)cc1. The molecule has 4 heteroatoms. The number of nitrogen functional groups attached to an aromatic ring is 2. The van der Waals surface area contributed by atoms with Crippen molar-refractivity contribution in [2.75, 3.05) is 21.7 Å². The average Bonchev–Trinajstić information content (AvgIpc) is 2.73. The zero-order valence-electron chi connectivity index (χ0n) is 15.4. The van der Waals surface area contributed by atoms with Crippen molar-refractivity contribution >= 4 is 39.8 Å². The molecule has 4 aromatic rings. The molecule has 0 radical (unpaired) electrons. The number of nitrogens with two attached hydrogens (primary N) is 2. The van der Waals surface area contributed by atoms with Gasteiger partial charge in [0.2, 0.25) is 0 Å². The molecule has 0 atom stereocenters. The van der Waals surface area contributed by atoms with Gasteiger partial charge >= 0.3 is 0 Å². The summed E-state index contributed by atoms with van der Waals surface area (Å²) in [7, 11) is 0. The van der Waals surface area contributed by atoms with Gasteiger partial charge in [0.1, 0.15) is 0 Å². The lowest BCUT2D eigenvalue weighted by atomic mass is 10.1. The number of hydrogen-bond donors (Lipinski definition) is 3. The third kappa shape index (κ3) is 3.91. The van der Waals surface area contributed by atoms with Crippen molar-refractivity contribution in [3.8, 4) is 0 Å². The molecule has 0 saturated carbocycles. The van der Waals surface area contributed by atoms with Crippen LogP contribution in [0.5, 0.6) is 0 Å². The number of nitrogens with one attached hydrogen (secondary N) is 1. The third-order valence-electron chi connectivity index (χ3n) is 4.49. The van der Waals surface area contributed by atoms with Crippen molar-refractivity contribution < 1.29 is 0 Å². The van der Waals surface area contributed by atoms with Gasteiger partial charge in [0.05, 0.1) is 0 Å². The van der Waals surface area contributed by atoms with E-state index in [2.05, 4.69) is 34.5 Å². The Labute approximate surface area is 165 Å². The molecule has 0 heterocycles. The molecule has 0 aromatic heterocycles. The summed E-state index contributed by atoms with van der Waals surface area (Å²) in [5.74, 6) is 0. The van der Waals surface area contributed by atoms with Gasteiger partial charge in [-0.3, -0.25) is 0 Å². The number of rotatable bonds is 5. The fourth-order valence-electron chi connectivity index (χ4n) is 3.08. The Morgan fingerprint density at radius 2 is 0.857 bits per heavy atom. The predicted molar refractivity (Wildman–Crippen MR) is 120 cm³/mol. The van der Waals surface area contributed by atoms with Crippen molar-refractivity contribution in [3.63, 3.8) is 0 Å². The molecule has 5 N–H and O–H groups in total. The summed E-state index contributed by atoms with van der Waals surface area (Å²) in [4.78, 5) is 2.17. The van der Waals surface area contributed by atoms with Gasteiger partial charge in [-0.05, 0) is 84.9 Å². The zero-order valence-corrected chi connectivity index (χ0v) is 15.4. The maximum Gasteiger partial charge on any atom is 0.0463 e. The van der Waals surface area contributed by atoms with Gasteiger partial charge < -0.3 is 21.7 Å². The monoisotopic (exact) mass is 366 g/mol. The van der Waals surface area contributed by atoms with Crippen molar-refractivity contribution in [1.29, 1.82) is 0 Å². The molecule has 4 rings (SSSR count). The molecular formula is C24H22N4. The number of benzene rings is 4. The van der Waals surface area contributed by atoms with Gasteiger partial charge in [-0.2, -0.15) is 0 Å². The first-order valence-electron chi connectivity index (χ1n) is 9.12. The Morgan fingerprint density at radius 3 is 1.32 bits per heavy atom. The summed E-state index contributed by atoms with van der Waals surface area (Å²) in [6.45, 7) is 0.